The Morgan fingerprint density at radius 1 is 1.21 bits per heavy atom. The SMILES string of the molecule is CCNC(=NCC(C)(C)NS(C)(=O)=O)NC1CCN(C(=O)C2CCCC2)C1.I. The first-order chi connectivity index (χ1) is 12.6. The maximum atomic E-state index is 12.6. The molecule has 1 atom stereocenters. The summed E-state index contributed by atoms with van der Waals surface area (Å²) >= 11 is 0. The van der Waals surface area contributed by atoms with E-state index in [-0.39, 0.29) is 35.9 Å². The molecule has 3 N–H and O–H groups in total. The third-order valence-electron chi connectivity index (χ3n) is 4.98. The van der Waals surface area contributed by atoms with E-state index < -0.39 is 15.6 Å². The summed E-state index contributed by atoms with van der Waals surface area (Å²) in [6.45, 7) is 8.10. The van der Waals surface area contributed by atoms with E-state index in [1.807, 2.05) is 11.8 Å². The van der Waals surface area contributed by atoms with Crippen molar-refractivity contribution in [1.29, 1.82) is 0 Å². The van der Waals surface area contributed by atoms with Crippen LogP contribution < -0.4 is 15.4 Å². The molecule has 2 fully saturated rings. The number of rotatable bonds is 7. The fourth-order valence-electron chi connectivity index (χ4n) is 3.83. The molecule has 0 spiro atoms. The largest absolute Gasteiger partial charge is 0.357 e. The predicted octanol–water partition coefficient (Wildman–Crippen LogP) is 1.28. The quantitative estimate of drug-likeness (QED) is 0.262. The minimum Gasteiger partial charge on any atom is -0.357 e. The molecule has 1 amide bonds. The molecule has 10 heteroatoms. The van der Waals surface area contributed by atoms with Gasteiger partial charge < -0.3 is 15.5 Å². The smallest absolute Gasteiger partial charge is 0.225 e. The van der Waals surface area contributed by atoms with Crippen LogP contribution in [0.15, 0.2) is 4.99 Å². The Morgan fingerprint density at radius 3 is 2.43 bits per heavy atom. The van der Waals surface area contributed by atoms with Gasteiger partial charge in [-0.15, -0.1) is 24.0 Å². The van der Waals surface area contributed by atoms with Crippen LogP contribution in [-0.2, 0) is 14.8 Å². The van der Waals surface area contributed by atoms with Crippen molar-refractivity contribution < 1.29 is 13.2 Å². The van der Waals surface area contributed by atoms with Gasteiger partial charge in [0, 0.05) is 37.1 Å². The van der Waals surface area contributed by atoms with E-state index in [9.17, 15) is 13.2 Å². The summed E-state index contributed by atoms with van der Waals surface area (Å²) in [5.41, 5.74) is -0.671. The van der Waals surface area contributed by atoms with Gasteiger partial charge >= 0.3 is 0 Å². The van der Waals surface area contributed by atoms with Crippen molar-refractivity contribution in [3.05, 3.63) is 0 Å². The van der Waals surface area contributed by atoms with Gasteiger partial charge in [0.25, 0.3) is 0 Å². The highest BCUT2D eigenvalue weighted by atomic mass is 127. The summed E-state index contributed by atoms with van der Waals surface area (Å²) in [7, 11) is -3.29. The van der Waals surface area contributed by atoms with Gasteiger partial charge in [0.1, 0.15) is 0 Å². The summed E-state index contributed by atoms with van der Waals surface area (Å²) in [6.07, 6.45) is 6.44. The van der Waals surface area contributed by atoms with Gasteiger partial charge in [0.2, 0.25) is 15.9 Å². The number of nitrogens with one attached hydrogen (secondary N) is 3. The van der Waals surface area contributed by atoms with Crippen LogP contribution >= 0.6 is 24.0 Å². The molecule has 1 saturated heterocycles. The molecule has 1 heterocycles. The van der Waals surface area contributed by atoms with Crippen LogP contribution in [0.3, 0.4) is 0 Å². The maximum absolute atomic E-state index is 12.6. The van der Waals surface area contributed by atoms with Crippen LogP contribution in [0.25, 0.3) is 0 Å². The van der Waals surface area contributed by atoms with Crippen LogP contribution in [0.5, 0.6) is 0 Å². The van der Waals surface area contributed by atoms with E-state index in [4.69, 9.17) is 0 Å². The monoisotopic (exact) mass is 529 g/mol. The highest BCUT2D eigenvalue weighted by molar-refractivity contribution is 14.0. The van der Waals surface area contributed by atoms with Crippen molar-refractivity contribution in [1.82, 2.24) is 20.3 Å². The molecule has 0 aromatic carbocycles. The van der Waals surface area contributed by atoms with E-state index in [0.29, 0.717) is 31.5 Å². The molecule has 28 heavy (non-hydrogen) atoms. The summed E-state index contributed by atoms with van der Waals surface area (Å²) in [4.78, 5) is 19.1. The second-order valence-electron chi connectivity index (χ2n) is 8.35. The van der Waals surface area contributed by atoms with Crippen molar-refractivity contribution in [3.8, 4) is 0 Å². The minimum absolute atomic E-state index is 0. The van der Waals surface area contributed by atoms with E-state index in [0.717, 1.165) is 32.1 Å². The highest BCUT2D eigenvalue weighted by Gasteiger charge is 2.32. The van der Waals surface area contributed by atoms with E-state index in [1.165, 1.54) is 12.8 Å². The number of carbonyl (C=O) groups is 1. The molecule has 2 rings (SSSR count). The predicted molar refractivity (Wildman–Crippen MR) is 124 cm³/mol. The molecule has 1 saturated carbocycles. The van der Waals surface area contributed by atoms with E-state index >= 15 is 0 Å². The van der Waals surface area contributed by atoms with E-state index in [1.54, 1.807) is 13.8 Å². The van der Waals surface area contributed by atoms with Gasteiger partial charge in [-0.05, 0) is 40.0 Å². The molecule has 1 unspecified atom stereocenters. The zero-order chi connectivity index (χ0) is 20.1. The average Bonchev–Trinajstić information content (AvgIpc) is 3.22. The first-order valence-corrected chi connectivity index (χ1v) is 11.8. The second kappa shape index (κ2) is 11.0. The first kappa shape index (κ1) is 25.4. The molecule has 0 aromatic heterocycles. The number of sulfonamides is 1. The molecule has 8 nitrogen and oxygen atoms in total. The van der Waals surface area contributed by atoms with Crippen molar-refractivity contribution in [2.45, 2.75) is 64.5 Å². The third kappa shape index (κ3) is 8.40. The molecular weight excluding hydrogens is 493 g/mol. The van der Waals surface area contributed by atoms with Gasteiger partial charge in [0.15, 0.2) is 5.96 Å². The molecule has 2 aliphatic rings. The molecule has 164 valence electrons. The number of likely N-dealkylation sites (tertiary alicyclic amines) is 1. The van der Waals surface area contributed by atoms with Crippen LogP contribution in [0.2, 0.25) is 0 Å². The Bertz CT molecular complexity index is 648. The lowest BCUT2D eigenvalue weighted by Crippen LogP contribution is -2.48. The zero-order valence-electron chi connectivity index (χ0n) is 17.5. The topological polar surface area (TPSA) is 103 Å². The summed E-state index contributed by atoms with van der Waals surface area (Å²) in [5.74, 6) is 1.17. The Balaban J connectivity index is 0.00000392. The summed E-state index contributed by atoms with van der Waals surface area (Å²) < 4.78 is 25.5. The number of hydrogen-bond acceptors (Lipinski definition) is 4. The normalized spacial score (nSPS) is 21.5. The molecular formula is C18H36IN5O3S. The molecule has 0 bridgehead atoms. The van der Waals surface area contributed by atoms with Crippen LogP contribution in [-0.4, -0.2) is 69.2 Å². The standard InChI is InChI=1S/C18H35N5O3S.HI/c1-5-19-17(20-13-18(2,3)22-27(4,25)26)21-15-10-11-23(12-15)16(24)14-8-6-7-9-14;/h14-15,22H,5-13H2,1-4H3,(H2,19,20,21);1H. The zero-order valence-corrected chi connectivity index (χ0v) is 20.6. The molecule has 0 aromatic rings. The Hall–Kier alpha value is -0.620. The Kier molecular flexibility index (Phi) is 9.95. The third-order valence-corrected chi connectivity index (χ3v) is 5.91. The Labute approximate surface area is 186 Å². The maximum Gasteiger partial charge on any atom is 0.225 e. The van der Waals surface area contributed by atoms with Crippen LogP contribution in [0.4, 0.5) is 0 Å². The number of guanidine groups is 1. The molecule has 1 aliphatic heterocycles. The van der Waals surface area contributed by atoms with Crippen LogP contribution in [0.1, 0.15) is 52.9 Å². The number of carbonyl (C=O) groups excluding carboxylic acids is 1. The average molecular weight is 529 g/mol. The summed E-state index contributed by atoms with van der Waals surface area (Å²) in [5, 5.41) is 6.60. The van der Waals surface area contributed by atoms with Crippen molar-refractivity contribution in [2.24, 2.45) is 10.9 Å². The number of amides is 1. The molecule has 1 aliphatic carbocycles. The van der Waals surface area contributed by atoms with Crippen molar-refractivity contribution >= 4 is 45.9 Å². The van der Waals surface area contributed by atoms with Gasteiger partial charge in [-0.3, -0.25) is 9.79 Å². The van der Waals surface area contributed by atoms with Crippen molar-refractivity contribution in [3.63, 3.8) is 0 Å². The van der Waals surface area contributed by atoms with Gasteiger partial charge in [0.05, 0.1) is 12.8 Å². The first-order valence-electron chi connectivity index (χ1n) is 9.92. The number of hydrogen-bond donors (Lipinski definition) is 3. The van der Waals surface area contributed by atoms with Crippen LogP contribution in [0, 0.1) is 5.92 Å². The minimum atomic E-state index is -3.29. The van der Waals surface area contributed by atoms with Gasteiger partial charge in [-0.2, -0.15) is 0 Å². The van der Waals surface area contributed by atoms with Gasteiger partial charge in [-0.25, -0.2) is 13.1 Å². The number of halogens is 1. The second-order valence-corrected chi connectivity index (χ2v) is 10.1. The lowest BCUT2D eigenvalue weighted by Gasteiger charge is -2.24. The lowest BCUT2D eigenvalue weighted by molar-refractivity contribution is -0.134. The van der Waals surface area contributed by atoms with Gasteiger partial charge in [-0.1, -0.05) is 12.8 Å². The highest BCUT2D eigenvalue weighted by Crippen LogP contribution is 2.27. The Morgan fingerprint density at radius 2 is 1.86 bits per heavy atom. The fraction of sp³-hybridized carbons (Fsp3) is 0.889. The van der Waals surface area contributed by atoms with Crippen molar-refractivity contribution in [2.75, 3.05) is 32.4 Å². The summed E-state index contributed by atoms with van der Waals surface area (Å²) in [6, 6.07) is 0.166. The molecule has 0 radical (unpaired) electrons. The number of aliphatic imine (C=N–C) groups is 1. The lowest BCUT2D eigenvalue weighted by atomic mass is 10.1. The fourth-order valence-corrected chi connectivity index (χ4v) is 4.90. The number of nitrogens with zero attached hydrogens (tertiary/aromatic N) is 2. The van der Waals surface area contributed by atoms with E-state index in [2.05, 4.69) is 20.3 Å².